The van der Waals surface area contributed by atoms with E-state index in [4.69, 9.17) is 17.0 Å². The minimum atomic E-state index is -0.826. The molecule has 0 heterocycles. The van der Waals surface area contributed by atoms with Gasteiger partial charge in [0.05, 0.1) is 0 Å². The Hall–Kier alpha value is 0.163. The summed E-state index contributed by atoms with van der Waals surface area (Å²) in [6, 6.07) is 16.3. The molecule has 0 aliphatic rings. The smallest absolute Gasteiger partial charge is 0.172 e. The fourth-order valence-corrected chi connectivity index (χ4v) is 0.920. The molecule has 0 aromatic heterocycles. The minimum absolute atomic E-state index is 0.826. The van der Waals surface area contributed by atoms with Crippen LogP contribution in [0.25, 0.3) is 0 Å². The fraction of sp³-hybridized carbons (Fsp3) is 0.167. The van der Waals surface area contributed by atoms with Crippen molar-refractivity contribution in [3.05, 3.63) is 59.7 Å². The van der Waals surface area contributed by atoms with Gasteiger partial charge in [0.15, 0.2) is 0 Å². The van der Waals surface area contributed by atoms with E-state index in [0.717, 1.165) is 0 Å². The van der Waals surface area contributed by atoms with Crippen LogP contribution in [0.2, 0.25) is 0 Å². The van der Waals surface area contributed by atoms with Crippen LogP contribution in [-0.2, 0) is 20.8 Å². The Balaban J connectivity index is 0.000000216. The van der Waals surface area contributed by atoms with Crippen molar-refractivity contribution in [1.82, 2.24) is 0 Å². The molecule has 2 aromatic carbocycles. The maximum atomic E-state index is 4.93. The topological polar surface area (TPSA) is 0 Å². The van der Waals surface area contributed by atoms with Gasteiger partial charge in [0.1, 0.15) is 0 Å². The van der Waals surface area contributed by atoms with Gasteiger partial charge < -0.3 is 0 Å². The van der Waals surface area contributed by atoms with Gasteiger partial charge in [0.25, 0.3) is 0 Å². The van der Waals surface area contributed by atoms with Crippen LogP contribution in [0, 0.1) is 13.8 Å². The van der Waals surface area contributed by atoms with Crippen LogP contribution in [0.5, 0.6) is 0 Å². The second kappa shape index (κ2) is 10.7. The zero-order chi connectivity index (χ0) is 11.5. The number of rotatable bonds is 0. The van der Waals surface area contributed by atoms with Crippen molar-refractivity contribution in [3.8, 4) is 0 Å². The van der Waals surface area contributed by atoms with Crippen LogP contribution in [0.1, 0.15) is 11.1 Å². The molecule has 0 saturated heterocycles. The summed E-state index contributed by atoms with van der Waals surface area (Å²) in [5.74, 6) is 0. The third-order valence-corrected chi connectivity index (χ3v) is 1.87. The van der Waals surface area contributed by atoms with Gasteiger partial charge in [-0.25, -0.2) is 24.3 Å². The normalized spacial score (nSPS) is 7.73. The predicted molar refractivity (Wildman–Crippen MR) is 65.3 cm³/mol. The third-order valence-electron chi connectivity index (χ3n) is 1.87. The van der Waals surface area contributed by atoms with Gasteiger partial charge in [-0.1, -0.05) is 13.8 Å². The molecule has 0 saturated carbocycles. The van der Waals surface area contributed by atoms with Crippen LogP contribution >= 0.6 is 17.0 Å². The molecule has 0 unspecified atom stereocenters. The van der Waals surface area contributed by atoms with E-state index >= 15 is 0 Å². The fourth-order valence-electron chi connectivity index (χ4n) is 0.920. The first-order valence-electron chi connectivity index (χ1n) is 4.54. The van der Waals surface area contributed by atoms with Gasteiger partial charge >= 0.3 is 37.9 Å². The minimum Gasteiger partial charge on any atom is -0.214 e. The Labute approximate surface area is 111 Å². The predicted octanol–water partition coefficient (Wildman–Crippen LogP) is 4.80. The van der Waals surface area contributed by atoms with E-state index in [9.17, 15) is 0 Å². The van der Waals surface area contributed by atoms with E-state index in [1.54, 1.807) is 0 Å². The zero-order valence-corrected chi connectivity index (χ0v) is 12.8. The average Bonchev–Trinajstić information content (AvgIpc) is 2.84. The largest absolute Gasteiger partial charge is 0.214 e. The van der Waals surface area contributed by atoms with E-state index in [0.29, 0.717) is 0 Å². The van der Waals surface area contributed by atoms with Gasteiger partial charge in [-0.3, -0.25) is 0 Å². The Morgan fingerprint density at radius 2 is 1.73 bits per heavy atom. The van der Waals surface area contributed by atoms with Crippen LogP contribution in [0.3, 0.4) is 0 Å². The van der Waals surface area contributed by atoms with Crippen molar-refractivity contribution in [3.63, 3.8) is 0 Å². The van der Waals surface area contributed by atoms with E-state index < -0.39 is 20.8 Å². The summed E-state index contributed by atoms with van der Waals surface area (Å²) < 4.78 is 0. The van der Waals surface area contributed by atoms with Crippen LogP contribution in [-0.4, -0.2) is 0 Å². The standard InChI is InChI=1S/C7H9.C5H5.2ClH.Zr/c1-6-4-3-5-7(6)2;1-2-4-5-3-1;;;/h3-5H,1-2H3;1-5H;2*1H;/q2*-1;;;+4/p-2. The van der Waals surface area contributed by atoms with E-state index in [-0.39, 0.29) is 0 Å². The molecule has 0 spiro atoms. The van der Waals surface area contributed by atoms with Crippen molar-refractivity contribution >= 4 is 17.0 Å². The summed E-state index contributed by atoms with van der Waals surface area (Å²) in [6.07, 6.45) is 0. The van der Waals surface area contributed by atoms with Crippen molar-refractivity contribution in [1.29, 1.82) is 0 Å². The van der Waals surface area contributed by atoms with Crippen molar-refractivity contribution in [2.75, 3.05) is 0 Å². The molecule has 0 amide bonds. The summed E-state index contributed by atoms with van der Waals surface area (Å²) in [5, 5.41) is 0. The van der Waals surface area contributed by atoms with E-state index in [2.05, 4.69) is 32.0 Å². The van der Waals surface area contributed by atoms with E-state index in [1.165, 1.54) is 11.1 Å². The van der Waals surface area contributed by atoms with Crippen LogP contribution in [0.4, 0.5) is 0 Å². The summed E-state index contributed by atoms with van der Waals surface area (Å²) >= 11 is -0.826. The molecule has 0 N–H and O–H groups in total. The number of hydrogen-bond donors (Lipinski definition) is 0. The van der Waals surface area contributed by atoms with Crippen molar-refractivity contribution in [2.45, 2.75) is 13.8 Å². The summed E-state index contributed by atoms with van der Waals surface area (Å²) in [6.45, 7) is 4.24. The zero-order valence-electron chi connectivity index (χ0n) is 8.87. The van der Waals surface area contributed by atoms with Crippen LogP contribution < -0.4 is 0 Å². The molecule has 0 aliphatic heterocycles. The Kier molecular flexibility index (Phi) is 10.8. The van der Waals surface area contributed by atoms with Crippen molar-refractivity contribution in [2.24, 2.45) is 0 Å². The maximum absolute atomic E-state index is 4.93. The second-order valence-corrected chi connectivity index (χ2v) is 6.66. The molecule has 0 atom stereocenters. The van der Waals surface area contributed by atoms with Gasteiger partial charge in [0.2, 0.25) is 0 Å². The first-order chi connectivity index (χ1) is 7.22. The SMILES string of the molecule is Cc1ccc[c-]1C.[Cl][Zr+2][Cl].c1cc[cH-]c1. The molecule has 0 nitrogen and oxygen atoms in total. The monoisotopic (exact) mass is 318 g/mol. The van der Waals surface area contributed by atoms with Gasteiger partial charge in [-0.15, -0.1) is 0 Å². The molecule has 0 fully saturated rings. The molecule has 0 aliphatic carbocycles. The molecule has 2 rings (SSSR count). The molecule has 2 aromatic rings. The maximum Gasteiger partial charge on any atom is -0.172 e. The molecular weight excluding hydrogens is 306 g/mol. The Morgan fingerprint density at radius 3 is 1.87 bits per heavy atom. The first kappa shape index (κ1) is 15.2. The molecular formula is C12H14Cl2Zr. The molecule has 0 bridgehead atoms. The summed E-state index contributed by atoms with van der Waals surface area (Å²) in [7, 11) is 9.87. The molecule has 0 radical (unpaired) electrons. The number of aryl methyl sites for hydroxylation is 2. The third kappa shape index (κ3) is 9.11. The summed E-state index contributed by atoms with van der Waals surface area (Å²) in [4.78, 5) is 0. The van der Waals surface area contributed by atoms with E-state index in [1.807, 2.05) is 30.3 Å². The Morgan fingerprint density at radius 1 is 1.20 bits per heavy atom. The van der Waals surface area contributed by atoms with Gasteiger partial charge in [-0.05, 0) is 0 Å². The van der Waals surface area contributed by atoms with Gasteiger partial charge in [-0.2, -0.15) is 35.4 Å². The van der Waals surface area contributed by atoms with Gasteiger partial charge in [0, 0.05) is 0 Å². The Bertz CT molecular complexity index is 278. The molecule has 80 valence electrons. The number of halogens is 2. The first-order valence-corrected chi connectivity index (χ1v) is 10.9. The second-order valence-electron chi connectivity index (χ2n) is 2.93. The number of hydrogen-bond acceptors (Lipinski definition) is 0. The quantitative estimate of drug-likeness (QED) is 0.611. The molecule has 15 heavy (non-hydrogen) atoms. The van der Waals surface area contributed by atoms with Crippen LogP contribution in [0.15, 0.2) is 48.5 Å². The summed E-state index contributed by atoms with van der Waals surface area (Å²) in [5.41, 5.74) is 2.78. The van der Waals surface area contributed by atoms with Crippen molar-refractivity contribution < 1.29 is 20.8 Å². The molecule has 3 heteroatoms. The average molecular weight is 320 g/mol.